The molecular formula is C16H24N2OS. The molecule has 3 N–H and O–H groups in total. The standard InChI is InChI=1S/C16H24N2OS/c1-10-7-11(2)15(17)9-14(10)16(19)18-12-5-4-6-13(8-12)20-3/h7,9,12-13H,4-6,8,17H2,1-3H3,(H,18,19). The highest BCUT2D eigenvalue weighted by molar-refractivity contribution is 7.99. The van der Waals surface area contributed by atoms with Crippen molar-refractivity contribution < 1.29 is 4.79 Å². The molecule has 0 radical (unpaired) electrons. The van der Waals surface area contributed by atoms with Crippen molar-refractivity contribution in [1.29, 1.82) is 0 Å². The molecule has 0 aromatic heterocycles. The fourth-order valence-electron chi connectivity index (χ4n) is 2.87. The Morgan fingerprint density at radius 3 is 2.75 bits per heavy atom. The van der Waals surface area contributed by atoms with E-state index < -0.39 is 0 Å². The van der Waals surface area contributed by atoms with E-state index in [-0.39, 0.29) is 5.91 Å². The minimum Gasteiger partial charge on any atom is -0.398 e. The van der Waals surface area contributed by atoms with Crippen LogP contribution >= 0.6 is 11.8 Å². The van der Waals surface area contributed by atoms with E-state index in [0.717, 1.165) is 24.0 Å². The van der Waals surface area contributed by atoms with E-state index in [1.54, 1.807) is 6.07 Å². The van der Waals surface area contributed by atoms with E-state index in [1.165, 1.54) is 12.8 Å². The van der Waals surface area contributed by atoms with Crippen LogP contribution in [0.5, 0.6) is 0 Å². The molecule has 1 aliphatic rings. The van der Waals surface area contributed by atoms with Gasteiger partial charge in [-0.05, 0) is 56.6 Å². The summed E-state index contributed by atoms with van der Waals surface area (Å²) in [6.07, 6.45) is 6.78. The lowest BCUT2D eigenvalue weighted by Crippen LogP contribution is -2.39. The predicted octanol–water partition coefficient (Wildman–Crippen LogP) is 3.29. The Balaban J connectivity index is 2.06. The Hall–Kier alpha value is -1.16. The number of nitrogens with one attached hydrogen (secondary N) is 1. The number of carbonyl (C=O) groups is 1. The Morgan fingerprint density at radius 2 is 2.05 bits per heavy atom. The number of carbonyl (C=O) groups excluding carboxylic acids is 1. The van der Waals surface area contributed by atoms with E-state index >= 15 is 0 Å². The minimum absolute atomic E-state index is 0.0148. The van der Waals surface area contributed by atoms with Gasteiger partial charge in [-0.25, -0.2) is 0 Å². The molecule has 3 nitrogen and oxygen atoms in total. The highest BCUT2D eigenvalue weighted by atomic mass is 32.2. The fraction of sp³-hybridized carbons (Fsp3) is 0.562. The zero-order valence-corrected chi connectivity index (χ0v) is 13.3. The van der Waals surface area contributed by atoms with Crippen LogP contribution in [0.15, 0.2) is 12.1 Å². The van der Waals surface area contributed by atoms with E-state index in [4.69, 9.17) is 5.73 Å². The lowest BCUT2D eigenvalue weighted by Gasteiger charge is -2.28. The highest BCUT2D eigenvalue weighted by Crippen LogP contribution is 2.27. The number of hydrogen-bond donors (Lipinski definition) is 2. The maximum Gasteiger partial charge on any atom is 0.251 e. The van der Waals surface area contributed by atoms with Crippen LogP contribution in [0.4, 0.5) is 5.69 Å². The number of anilines is 1. The summed E-state index contributed by atoms with van der Waals surface area (Å²) in [4.78, 5) is 12.4. The summed E-state index contributed by atoms with van der Waals surface area (Å²) in [6.45, 7) is 3.93. The first kappa shape index (κ1) is 15.2. The number of amides is 1. The smallest absolute Gasteiger partial charge is 0.251 e. The van der Waals surface area contributed by atoms with Crippen LogP contribution in [0.2, 0.25) is 0 Å². The van der Waals surface area contributed by atoms with Gasteiger partial charge in [-0.3, -0.25) is 4.79 Å². The number of benzene rings is 1. The molecule has 0 spiro atoms. The molecule has 1 saturated carbocycles. The molecule has 1 fully saturated rings. The van der Waals surface area contributed by atoms with Crippen molar-refractivity contribution >= 4 is 23.4 Å². The topological polar surface area (TPSA) is 55.1 Å². The number of nitrogens with two attached hydrogens (primary N) is 1. The van der Waals surface area contributed by atoms with Crippen LogP contribution in [-0.4, -0.2) is 23.5 Å². The zero-order valence-electron chi connectivity index (χ0n) is 12.5. The monoisotopic (exact) mass is 292 g/mol. The van der Waals surface area contributed by atoms with Gasteiger partial charge in [0.15, 0.2) is 0 Å². The Bertz CT molecular complexity index is 501. The number of rotatable bonds is 3. The molecule has 20 heavy (non-hydrogen) atoms. The molecule has 110 valence electrons. The van der Waals surface area contributed by atoms with Gasteiger partial charge < -0.3 is 11.1 Å². The van der Waals surface area contributed by atoms with Crippen LogP contribution in [0.25, 0.3) is 0 Å². The third-order valence-corrected chi connectivity index (χ3v) is 5.25. The summed E-state index contributed by atoms with van der Waals surface area (Å²) in [5, 5.41) is 3.86. The number of hydrogen-bond acceptors (Lipinski definition) is 3. The number of nitrogen functional groups attached to an aromatic ring is 1. The third-order valence-electron chi connectivity index (χ3n) is 4.15. The molecule has 1 aliphatic carbocycles. The molecule has 1 aromatic rings. The molecule has 0 saturated heterocycles. The summed E-state index contributed by atoms with van der Waals surface area (Å²) in [7, 11) is 0. The maximum atomic E-state index is 12.4. The van der Waals surface area contributed by atoms with Crippen molar-refractivity contribution in [2.45, 2.75) is 50.8 Å². The van der Waals surface area contributed by atoms with Crippen LogP contribution in [-0.2, 0) is 0 Å². The Morgan fingerprint density at radius 1 is 1.30 bits per heavy atom. The second kappa shape index (κ2) is 6.53. The molecule has 2 atom stereocenters. The van der Waals surface area contributed by atoms with Crippen LogP contribution in [0.1, 0.15) is 47.2 Å². The Labute approximate surface area is 125 Å². The summed E-state index contributed by atoms with van der Waals surface area (Å²) in [5.74, 6) is 0.0148. The second-order valence-corrected chi connectivity index (χ2v) is 6.86. The quantitative estimate of drug-likeness (QED) is 0.841. The van der Waals surface area contributed by atoms with Gasteiger partial charge in [-0.1, -0.05) is 12.5 Å². The van der Waals surface area contributed by atoms with Crippen molar-refractivity contribution in [3.8, 4) is 0 Å². The lowest BCUT2D eigenvalue weighted by molar-refractivity contribution is 0.0928. The molecule has 2 rings (SSSR count). The SMILES string of the molecule is CSC1CCCC(NC(=O)c2cc(N)c(C)cc2C)C1. The van der Waals surface area contributed by atoms with Crippen molar-refractivity contribution in [2.24, 2.45) is 0 Å². The summed E-state index contributed by atoms with van der Waals surface area (Å²) in [5.41, 5.74) is 9.33. The Kier molecular flexibility index (Phi) is 4.97. The normalized spacial score (nSPS) is 22.6. The van der Waals surface area contributed by atoms with Gasteiger partial charge >= 0.3 is 0 Å². The van der Waals surface area contributed by atoms with Crippen molar-refractivity contribution in [3.05, 3.63) is 28.8 Å². The average Bonchev–Trinajstić information content (AvgIpc) is 2.43. The second-order valence-electron chi connectivity index (χ2n) is 5.72. The molecule has 2 unspecified atom stereocenters. The van der Waals surface area contributed by atoms with Gasteiger partial charge in [-0.2, -0.15) is 11.8 Å². The molecule has 0 heterocycles. The van der Waals surface area contributed by atoms with Gasteiger partial charge in [0.25, 0.3) is 5.91 Å². The van der Waals surface area contributed by atoms with E-state index in [1.807, 2.05) is 31.7 Å². The van der Waals surface area contributed by atoms with Crippen molar-refractivity contribution in [1.82, 2.24) is 5.32 Å². The molecule has 1 amide bonds. The first-order valence-corrected chi connectivity index (χ1v) is 8.50. The average molecular weight is 292 g/mol. The molecule has 1 aromatic carbocycles. The summed E-state index contributed by atoms with van der Waals surface area (Å²) >= 11 is 1.91. The largest absolute Gasteiger partial charge is 0.398 e. The third kappa shape index (κ3) is 3.48. The fourth-order valence-corrected chi connectivity index (χ4v) is 3.69. The zero-order chi connectivity index (χ0) is 14.7. The predicted molar refractivity (Wildman–Crippen MR) is 87.4 cm³/mol. The van der Waals surface area contributed by atoms with E-state index in [9.17, 15) is 4.79 Å². The lowest BCUT2D eigenvalue weighted by atomic mass is 9.94. The van der Waals surface area contributed by atoms with Crippen LogP contribution < -0.4 is 11.1 Å². The van der Waals surface area contributed by atoms with E-state index in [2.05, 4.69) is 11.6 Å². The first-order valence-electron chi connectivity index (χ1n) is 7.21. The first-order chi connectivity index (χ1) is 9.51. The minimum atomic E-state index is 0.0148. The van der Waals surface area contributed by atoms with Crippen LogP contribution in [0, 0.1) is 13.8 Å². The summed E-state index contributed by atoms with van der Waals surface area (Å²) < 4.78 is 0. The number of aryl methyl sites for hydroxylation is 2. The summed E-state index contributed by atoms with van der Waals surface area (Å²) in [6, 6.07) is 4.08. The van der Waals surface area contributed by atoms with E-state index in [0.29, 0.717) is 22.5 Å². The number of thioether (sulfide) groups is 1. The van der Waals surface area contributed by atoms with Crippen LogP contribution in [0.3, 0.4) is 0 Å². The van der Waals surface area contributed by atoms with Crippen molar-refractivity contribution in [2.75, 3.05) is 12.0 Å². The molecule has 0 aliphatic heterocycles. The molecular weight excluding hydrogens is 268 g/mol. The van der Waals surface area contributed by atoms with Gasteiger partial charge in [0, 0.05) is 22.5 Å². The molecule has 0 bridgehead atoms. The van der Waals surface area contributed by atoms with Gasteiger partial charge in [0.05, 0.1) is 0 Å². The van der Waals surface area contributed by atoms with Gasteiger partial charge in [0.1, 0.15) is 0 Å². The van der Waals surface area contributed by atoms with Crippen molar-refractivity contribution in [3.63, 3.8) is 0 Å². The van der Waals surface area contributed by atoms with Gasteiger partial charge in [0.2, 0.25) is 0 Å². The maximum absolute atomic E-state index is 12.4. The molecule has 4 heteroatoms. The van der Waals surface area contributed by atoms with Gasteiger partial charge in [-0.15, -0.1) is 0 Å². The highest BCUT2D eigenvalue weighted by Gasteiger charge is 2.23.